The number of piperidine rings is 1. The molecule has 2 nitrogen and oxygen atoms in total. The van der Waals surface area contributed by atoms with Gasteiger partial charge in [-0.3, -0.25) is 0 Å². The number of alkyl halides is 3. The molecular weight excluding hydrogens is 289 g/mol. The zero-order valence-electron chi connectivity index (χ0n) is 13.6. The SMILES string of the molecule is CN1CCC[C@](CCc2ccc(C(F)(F)F)cc2)(N(C)C)C1. The molecule has 1 aromatic rings. The van der Waals surface area contributed by atoms with Gasteiger partial charge in [-0.25, -0.2) is 0 Å². The summed E-state index contributed by atoms with van der Waals surface area (Å²) in [7, 11) is 6.34. The quantitative estimate of drug-likeness (QED) is 0.837. The van der Waals surface area contributed by atoms with Gasteiger partial charge in [-0.05, 0) is 71.1 Å². The van der Waals surface area contributed by atoms with Crippen molar-refractivity contribution in [3.63, 3.8) is 0 Å². The Bertz CT molecular complexity index is 482. The fourth-order valence-electron chi connectivity index (χ4n) is 3.37. The molecular formula is C17H25F3N2. The van der Waals surface area contributed by atoms with Crippen LogP contribution in [0.5, 0.6) is 0 Å². The van der Waals surface area contributed by atoms with E-state index < -0.39 is 11.7 Å². The molecule has 1 atom stereocenters. The molecule has 1 fully saturated rings. The molecule has 0 spiro atoms. The molecule has 0 radical (unpaired) electrons. The van der Waals surface area contributed by atoms with Crippen LogP contribution in [-0.4, -0.2) is 49.6 Å². The van der Waals surface area contributed by atoms with Crippen LogP contribution < -0.4 is 0 Å². The smallest absolute Gasteiger partial charge is 0.305 e. The number of hydrogen-bond donors (Lipinski definition) is 0. The Morgan fingerprint density at radius 1 is 1.18 bits per heavy atom. The van der Waals surface area contributed by atoms with Crippen molar-refractivity contribution in [2.45, 2.75) is 37.4 Å². The van der Waals surface area contributed by atoms with Crippen molar-refractivity contribution in [1.29, 1.82) is 0 Å². The highest BCUT2D eigenvalue weighted by Crippen LogP contribution is 2.32. The Labute approximate surface area is 130 Å². The van der Waals surface area contributed by atoms with Crippen LogP contribution in [0.2, 0.25) is 0 Å². The molecule has 0 aromatic heterocycles. The second kappa shape index (κ2) is 6.59. The van der Waals surface area contributed by atoms with Crippen molar-refractivity contribution in [2.24, 2.45) is 0 Å². The molecule has 124 valence electrons. The van der Waals surface area contributed by atoms with E-state index in [0.717, 1.165) is 37.9 Å². The molecule has 0 unspecified atom stereocenters. The maximum atomic E-state index is 12.6. The Balaban J connectivity index is 2.04. The third-order valence-corrected chi connectivity index (χ3v) is 4.86. The summed E-state index contributed by atoms with van der Waals surface area (Å²) in [5.74, 6) is 0. The predicted octanol–water partition coefficient (Wildman–Crippen LogP) is 3.66. The number of nitrogens with zero attached hydrogens (tertiary/aromatic N) is 2. The van der Waals surface area contributed by atoms with Gasteiger partial charge in [0.25, 0.3) is 0 Å². The number of benzene rings is 1. The second-order valence-corrected chi connectivity index (χ2v) is 6.65. The van der Waals surface area contributed by atoms with Gasteiger partial charge >= 0.3 is 6.18 Å². The fraction of sp³-hybridized carbons (Fsp3) is 0.647. The van der Waals surface area contributed by atoms with Gasteiger partial charge in [0.1, 0.15) is 0 Å². The third-order valence-electron chi connectivity index (χ3n) is 4.86. The number of rotatable bonds is 4. The van der Waals surface area contributed by atoms with Crippen LogP contribution in [0.3, 0.4) is 0 Å². The first-order valence-electron chi connectivity index (χ1n) is 7.75. The van der Waals surface area contributed by atoms with Crippen molar-refractivity contribution in [2.75, 3.05) is 34.2 Å². The Morgan fingerprint density at radius 2 is 1.82 bits per heavy atom. The lowest BCUT2D eigenvalue weighted by atomic mass is 9.82. The summed E-state index contributed by atoms with van der Waals surface area (Å²) >= 11 is 0. The monoisotopic (exact) mass is 314 g/mol. The van der Waals surface area contributed by atoms with Gasteiger partial charge in [0, 0.05) is 12.1 Å². The van der Waals surface area contributed by atoms with Crippen LogP contribution in [0, 0.1) is 0 Å². The molecule has 0 bridgehead atoms. The molecule has 0 N–H and O–H groups in total. The highest BCUT2D eigenvalue weighted by atomic mass is 19.4. The minimum Gasteiger partial charge on any atom is -0.305 e. The number of halogens is 3. The highest BCUT2D eigenvalue weighted by Gasteiger charge is 2.36. The summed E-state index contributed by atoms with van der Waals surface area (Å²) in [6.45, 7) is 2.14. The van der Waals surface area contributed by atoms with E-state index in [1.165, 1.54) is 18.6 Å². The lowest BCUT2D eigenvalue weighted by molar-refractivity contribution is -0.137. The van der Waals surface area contributed by atoms with Crippen molar-refractivity contribution < 1.29 is 13.2 Å². The predicted molar refractivity (Wildman–Crippen MR) is 82.9 cm³/mol. The molecule has 1 heterocycles. The number of likely N-dealkylation sites (tertiary alicyclic amines) is 1. The molecule has 0 amide bonds. The summed E-state index contributed by atoms with van der Waals surface area (Å²) in [6, 6.07) is 5.59. The van der Waals surface area contributed by atoms with E-state index in [4.69, 9.17) is 0 Å². The molecule has 1 saturated heterocycles. The van der Waals surface area contributed by atoms with Gasteiger partial charge in [0.05, 0.1) is 5.56 Å². The molecule has 1 aromatic carbocycles. The van der Waals surface area contributed by atoms with Crippen LogP contribution in [0.25, 0.3) is 0 Å². The first-order chi connectivity index (χ1) is 10.2. The second-order valence-electron chi connectivity index (χ2n) is 6.65. The van der Waals surface area contributed by atoms with Crippen LogP contribution in [-0.2, 0) is 12.6 Å². The average molecular weight is 314 g/mol. The van der Waals surface area contributed by atoms with Crippen LogP contribution in [0.15, 0.2) is 24.3 Å². The maximum Gasteiger partial charge on any atom is 0.416 e. The summed E-state index contributed by atoms with van der Waals surface area (Å²) in [5, 5.41) is 0. The van der Waals surface area contributed by atoms with Gasteiger partial charge in [0.2, 0.25) is 0 Å². The molecule has 0 aliphatic carbocycles. The molecule has 5 heteroatoms. The minimum atomic E-state index is -4.25. The normalized spacial score (nSPS) is 24.0. The summed E-state index contributed by atoms with van der Waals surface area (Å²) in [4.78, 5) is 4.63. The third kappa shape index (κ3) is 4.02. The summed E-state index contributed by atoms with van der Waals surface area (Å²) in [6.07, 6.45) is -0.165. The lowest BCUT2D eigenvalue weighted by Gasteiger charge is -2.46. The topological polar surface area (TPSA) is 6.48 Å². The van der Waals surface area contributed by atoms with Crippen molar-refractivity contribution in [3.8, 4) is 0 Å². The van der Waals surface area contributed by atoms with Crippen molar-refractivity contribution in [3.05, 3.63) is 35.4 Å². The lowest BCUT2D eigenvalue weighted by Crippen LogP contribution is -2.55. The van der Waals surface area contributed by atoms with E-state index in [1.807, 2.05) is 0 Å². The zero-order valence-corrected chi connectivity index (χ0v) is 13.6. The van der Waals surface area contributed by atoms with E-state index in [0.29, 0.717) is 0 Å². The zero-order chi connectivity index (χ0) is 16.4. The van der Waals surface area contributed by atoms with E-state index in [-0.39, 0.29) is 5.54 Å². The van der Waals surface area contributed by atoms with Gasteiger partial charge < -0.3 is 9.80 Å². The van der Waals surface area contributed by atoms with E-state index in [2.05, 4.69) is 30.9 Å². The van der Waals surface area contributed by atoms with E-state index in [9.17, 15) is 13.2 Å². The highest BCUT2D eigenvalue weighted by molar-refractivity contribution is 5.25. The molecule has 22 heavy (non-hydrogen) atoms. The number of hydrogen-bond acceptors (Lipinski definition) is 2. The summed E-state index contributed by atoms with van der Waals surface area (Å²) < 4.78 is 37.8. The van der Waals surface area contributed by atoms with Gasteiger partial charge in [0.15, 0.2) is 0 Å². The maximum absolute atomic E-state index is 12.6. The van der Waals surface area contributed by atoms with Gasteiger partial charge in [-0.1, -0.05) is 12.1 Å². The molecule has 1 aliphatic rings. The standard InChI is InChI=1S/C17H25F3N2/c1-21(2)16(10-4-12-22(3)13-16)11-9-14-5-7-15(8-6-14)17(18,19)20/h5-8H,4,9-13H2,1-3H3/t16-/m1/s1. The Morgan fingerprint density at radius 3 is 2.32 bits per heavy atom. The Hall–Kier alpha value is -1.07. The van der Waals surface area contributed by atoms with Crippen LogP contribution in [0.1, 0.15) is 30.4 Å². The Kier molecular flexibility index (Phi) is 5.17. The molecule has 2 rings (SSSR count). The van der Waals surface area contributed by atoms with Crippen molar-refractivity contribution in [1.82, 2.24) is 9.80 Å². The van der Waals surface area contributed by atoms with E-state index in [1.54, 1.807) is 12.1 Å². The largest absolute Gasteiger partial charge is 0.416 e. The van der Waals surface area contributed by atoms with Crippen molar-refractivity contribution >= 4 is 0 Å². The summed E-state index contributed by atoms with van der Waals surface area (Å²) in [5.41, 5.74) is 0.522. The number of likely N-dealkylation sites (N-methyl/N-ethyl adjacent to an activating group) is 2. The van der Waals surface area contributed by atoms with E-state index >= 15 is 0 Å². The number of aryl methyl sites for hydroxylation is 1. The van der Waals surface area contributed by atoms with Gasteiger partial charge in [-0.2, -0.15) is 13.2 Å². The van der Waals surface area contributed by atoms with Gasteiger partial charge in [-0.15, -0.1) is 0 Å². The minimum absolute atomic E-state index is 0.121. The average Bonchev–Trinajstić information content (AvgIpc) is 2.44. The first kappa shape index (κ1) is 17.3. The molecule has 1 aliphatic heterocycles. The van der Waals surface area contributed by atoms with Crippen LogP contribution >= 0.6 is 0 Å². The van der Waals surface area contributed by atoms with Crippen LogP contribution in [0.4, 0.5) is 13.2 Å². The fourth-order valence-corrected chi connectivity index (χ4v) is 3.37. The molecule has 0 saturated carbocycles. The first-order valence-corrected chi connectivity index (χ1v) is 7.75.